The number of carbonyl (C=O) groups is 2. The van der Waals surface area contributed by atoms with Crippen molar-refractivity contribution in [3.8, 4) is 0 Å². The summed E-state index contributed by atoms with van der Waals surface area (Å²) in [6.45, 7) is 13.6. The zero-order chi connectivity index (χ0) is 14.3. The van der Waals surface area contributed by atoms with Crippen LogP contribution in [0.2, 0.25) is 19.6 Å². The van der Waals surface area contributed by atoms with Gasteiger partial charge in [0.15, 0.2) is 0 Å². The first-order valence-electron chi connectivity index (χ1n) is 5.80. The van der Waals surface area contributed by atoms with Gasteiger partial charge in [-0.25, -0.2) is 0 Å². The molecule has 0 amide bonds. The summed E-state index contributed by atoms with van der Waals surface area (Å²) < 4.78 is 9.84. The Morgan fingerprint density at radius 3 is 2.00 bits per heavy atom. The van der Waals surface area contributed by atoms with Gasteiger partial charge in [-0.1, -0.05) is 31.4 Å². The van der Waals surface area contributed by atoms with Gasteiger partial charge >= 0.3 is 11.9 Å². The molecule has 0 rings (SSSR count). The maximum atomic E-state index is 10.8. The zero-order valence-electron chi connectivity index (χ0n) is 11.8. The van der Waals surface area contributed by atoms with Crippen molar-refractivity contribution in [2.45, 2.75) is 33.5 Å². The lowest BCUT2D eigenvalue weighted by Crippen LogP contribution is -2.27. The molecule has 0 radical (unpaired) electrons. The molecule has 0 aliphatic rings. The minimum absolute atomic E-state index is 0.186. The summed E-state index contributed by atoms with van der Waals surface area (Å²) >= 11 is 0. The third-order valence-corrected chi connectivity index (χ3v) is 4.39. The van der Waals surface area contributed by atoms with Crippen molar-refractivity contribution >= 4 is 20.0 Å². The highest BCUT2D eigenvalue weighted by molar-refractivity contribution is 6.84. The fourth-order valence-corrected chi connectivity index (χ4v) is 3.32. The largest absolute Gasteiger partial charge is 0.462 e. The van der Waals surface area contributed by atoms with Crippen molar-refractivity contribution in [1.29, 1.82) is 0 Å². The topological polar surface area (TPSA) is 52.6 Å². The van der Waals surface area contributed by atoms with E-state index in [4.69, 9.17) is 9.47 Å². The van der Waals surface area contributed by atoms with Crippen LogP contribution in [0.1, 0.15) is 13.8 Å². The van der Waals surface area contributed by atoms with Crippen LogP contribution in [0.25, 0.3) is 0 Å². The second kappa shape index (κ2) is 7.16. The number of ether oxygens (including phenoxy) is 2. The Hall–Kier alpha value is -1.36. The first kappa shape index (κ1) is 16.6. The molecule has 102 valence electrons. The molecule has 0 heterocycles. The van der Waals surface area contributed by atoms with Crippen LogP contribution in [0, 0.1) is 0 Å². The summed E-state index contributed by atoms with van der Waals surface area (Å²) in [5.41, 5.74) is 0.775. The Labute approximate surface area is 110 Å². The number of esters is 2. The lowest BCUT2D eigenvalue weighted by molar-refractivity contribution is -0.140. The summed E-state index contributed by atoms with van der Waals surface area (Å²) in [5, 5.41) is 1.06. The van der Waals surface area contributed by atoms with Crippen LogP contribution < -0.4 is 0 Å². The van der Waals surface area contributed by atoms with Gasteiger partial charge < -0.3 is 9.47 Å². The number of carbonyl (C=O) groups excluding carboxylic acids is 2. The molecule has 0 unspecified atom stereocenters. The van der Waals surface area contributed by atoms with Gasteiger partial charge in [0.1, 0.15) is 13.2 Å². The highest BCUT2D eigenvalue weighted by Crippen LogP contribution is 2.21. The molecule has 0 fully saturated rings. The molecule has 0 saturated carbocycles. The molecule has 0 atom stereocenters. The van der Waals surface area contributed by atoms with E-state index in [0.717, 1.165) is 10.8 Å². The van der Waals surface area contributed by atoms with Crippen LogP contribution in [-0.4, -0.2) is 33.2 Å². The molecule has 0 spiro atoms. The summed E-state index contributed by atoms with van der Waals surface area (Å²) in [6, 6.07) is 0. The van der Waals surface area contributed by atoms with Gasteiger partial charge in [0.2, 0.25) is 0 Å². The maximum Gasteiger partial charge on any atom is 0.302 e. The Morgan fingerprint density at radius 2 is 1.61 bits per heavy atom. The molecule has 0 saturated heterocycles. The van der Waals surface area contributed by atoms with Crippen LogP contribution in [0.5, 0.6) is 0 Å². The summed E-state index contributed by atoms with van der Waals surface area (Å²) in [7, 11) is -1.61. The standard InChI is InChI=1S/C13H22O4Si/c1-10(9-17-12(3)15)13(18(4,5)6)7-8-16-11(2)14/h7H,1,8-9H2,2-6H3/b13-7+. The Balaban J connectivity index is 4.73. The van der Waals surface area contributed by atoms with Gasteiger partial charge in [0.05, 0.1) is 8.07 Å². The molecule has 4 nitrogen and oxygen atoms in total. The molecular weight excluding hydrogens is 248 g/mol. The molecule has 18 heavy (non-hydrogen) atoms. The second-order valence-corrected chi connectivity index (χ2v) is 10.1. The molecule has 0 aromatic carbocycles. The molecule has 0 aromatic rings. The molecule has 0 aliphatic carbocycles. The summed E-state index contributed by atoms with van der Waals surface area (Å²) in [6.07, 6.45) is 1.86. The SMILES string of the molecule is C=C(COC(C)=O)/C(=C\COC(C)=O)[Si](C)(C)C. The van der Waals surface area contributed by atoms with E-state index in [1.807, 2.05) is 6.08 Å². The number of hydrogen-bond acceptors (Lipinski definition) is 4. The van der Waals surface area contributed by atoms with E-state index in [2.05, 4.69) is 26.2 Å². The Kier molecular flexibility index (Phi) is 6.61. The molecule has 0 aliphatic heterocycles. The minimum Gasteiger partial charge on any atom is -0.462 e. The van der Waals surface area contributed by atoms with E-state index in [1.165, 1.54) is 13.8 Å². The fraction of sp³-hybridized carbons (Fsp3) is 0.538. The normalized spacial score (nSPS) is 11.9. The molecule has 0 N–H and O–H groups in total. The van der Waals surface area contributed by atoms with Gasteiger partial charge in [0.25, 0.3) is 0 Å². The maximum absolute atomic E-state index is 10.8. The Morgan fingerprint density at radius 1 is 1.11 bits per heavy atom. The average molecular weight is 270 g/mol. The molecule has 0 aromatic heterocycles. The van der Waals surface area contributed by atoms with Crippen molar-refractivity contribution in [3.05, 3.63) is 23.4 Å². The fourth-order valence-electron chi connectivity index (χ4n) is 1.49. The van der Waals surface area contributed by atoms with Crippen molar-refractivity contribution < 1.29 is 19.1 Å². The highest BCUT2D eigenvalue weighted by Gasteiger charge is 2.22. The first-order valence-corrected chi connectivity index (χ1v) is 9.30. The van der Waals surface area contributed by atoms with E-state index in [-0.39, 0.29) is 25.2 Å². The van der Waals surface area contributed by atoms with Crippen molar-refractivity contribution in [1.82, 2.24) is 0 Å². The van der Waals surface area contributed by atoms with E-state index < -0.39 is 8.07 Å². The van der Waals surface area contributed by atoms with Crippen LogP contribution in [0.15, 0.2) is 23.4 Å². The van der Waals surface area contributed by atoms with E-state index in [1.54, 1.807) is 0 Å². The van der Waals surface area contributed by atoms with Crippen molar-refractivity contribution in [2.75, 3.05) is 13.2 Å². The van der Waals surface area contributed by atoms with Gasteiger partial charge in [0, 0.05) is 13.8 Å². The lowest BCUT2D eigenvalue weighted by atomic mass is 10.3. The quantitative estimate of drug-likeness (QED) is 0.423. The smallest absolute Gasteiger partial charge is 0.302 e. The highest BCUT2D eigenvalue weighted by atomic mass is 28.3. The van der Waals surface area contributed by atoms with E-state index in [0.29, 0.717) is 0 Å². The molecule has 0 bridgehead atoms. The number of rotatable bonds is 6. The zero-order valence-corrected chi connectivity index (χ0v) is 12.8. The third-order valence-electron chi connectivity index (χ3n) is 2.21. The van der Waals surface area contributed by atoms with Crippen LogP contribution >= 0.6 is 0 Å². The molecular formula is C13H22O4Si. The number of hydrogen-bond donors (Lipinski definition) is 0. The first-order chi connectivity index (χ1) is 8.14. The third kappa shape index (κ3) is 7.06. The van der Waals surface area contributed by atoms with Crippen LogP contribution in [0.3, 0.4) is 0 Å². The van der Waals surface area contributed by atoms with Crippen molar-refractivity contribution in [3.63, 3.8) is 0 Å². The van der Waals surface area contributed by atoms with Gasteiger partial charge in [-0.05, 0) is 11.6 Å². The van der Waals surface area contributed by atoms with Crippen molar-refractivity contribution in [2.24, 2.45) is 0 Å². The van der Waals surface area contributed by atoms with Crippen LogP contribution in [0.4, 0.5) is 0 Å². The van der Waals surface area contributed by atoms with Gasteiger partial charge in [-0.15, -0.1) is 0 Å². The monoisotopic (exact) mass is 270 g/mol. The van der Waals surface area contributed by atoms with E-state index >= 15 is 0 Å². The minimum atomic E-state index is -1.61. The summed E-state index contributed by atoms with van der Waals surface area (Å²) in [4.78, 5) is 21.5. The average Bonchev–Trinajstić information content (AvgIpc) is 2.18. The predicted octanol–water partition coefficient (Wildman–Crippen LogP) is 2.47. The second-order valence-electron chi connectivity index (χ2n) is 5.05. The predicted molar refractivity (Wildman–Crippen MR) is 73.8 cm³/mol. The molecule has 5 heteroatoms. The summed E-state index contributed by atoms with van der Waals surface area (Å²) in [5.74, 6) is -0.641. The van der Waals surface area contributed by atoms with Gasteiger partial charge in [-0.3, -0.25) is 9.59 Å². The lowest BCUT2D eigenvalue weighted by Gasteiger charge is -2.23. The van der Waals surface area contributed by atoms with E-state index in [9.17, 15) is 9.59 Å². The Bertz CT molecular complexity index is 364. The van der Waals surface area contributed by atoms with Crippen LogP contribution in [-0.2, 0) is 19.1 Å². The van der Waals surface area contributed by atoms with Gasteiger partial charge in [-0.2, -0.15) is 0 Å².